The molecule has 14 aromatic rings. The first-order chi connectivity index (χ1) is 34.2. The standard InChI is InChI=1S/C63H39N5S/c1-5-19-40(20-6-1)61-64-62(41-21-7-2-8-22-41)66-63(65-61)54-36-43(35-53-50-30-16-18-32-59(50)69-60(53)54)47-28-14-13-27-46(47)42-33-34-49-52-38-51-48-29-15-17-31-55(48)67(44-23-9-3-10-24-44)57(51)39-58(52)68(56(49)37-42)45-25-11-4-12-26-45/h1-39H. The van der Waals surface area contributed by atoms with Crippen LogP contribution >= 0.6 is 11.3 Å². The van der Waals surface area contributed by atoms with Crippen LogP contribution in [0.5, 0.6) is 0 Å². The van der Waals surface area contributed by atoms with Crippen LogP contribution in [0.2, 0.25) is 0 Å². The molecule has 0 spiro atoms. The van der Waals surface area contributed by atoms with Gasteiger partial charge in [-0.2, -0.15) is 0 Å². The van der Waals surface area contributed by atoms with Gasteiger partial charge < -0.3 is 9.13 Å². The molecule has 0 saturated heterocycles. The van der Waals surface area contributed by atoms with Crippen molar-refractivity contribution in [3.63, 3.8) is 0 Å². The lowest BCUT2D eigenvalue weighted by molar-refractivity contribution is 1.08. The summed E-state index contributed by atoms with van der Waals surface area (Å²) in [5.41, 5.74) is 14.3. The largest absolute Gasteiger partial charge is 0.309 e. The van der Waals surface area contributed by atoms with E-state index < -0.39 is 0 Å². The molecule has 0 aliphatic heterocycles. The molecule has 0 N–H and O–H groups in total. The second-order valence-corrected chi connectivity index (χ2v) is 18.6. The molecule has 5 nitrogen and oxygen atoms in total. The zero-order valence-corrected chi connectivity index (χ0v) is 38.0. The Hall–Kier alpha value is -8.97. The number of nitrogens with zero attached hydrogens (tertiary/aromatic N) is 5. The van der Waals surface area contributed by atoms with Gasteiger partial charge in [0.15, 0.2) is 17.5 Å². The van der Waals surface area contributed by atoms with E-state index in [1.165, 1.54) is 48.1 Å². The van der Waals surface area contributed by atoms with Gasteiger partial charge in [0.05, 0.1) is 22.1 Å². The fraction of sp³-hybridized carbons (Fsp3) is 0. The van der Waals surface area contributed by atoms with Crippen LogP contribution in [0.3, 0.4) is 0 Å². The first kappa shape index (κ1) is 39.2. The Labute approximate surface area is 401 Å². The molecular formula is C63H39N5S. The van der Waals surface area contributed by atoms with E-state index in [9.17, 15) is 0 Å². The SMILES string of the molecule is c1ccc(-c2nc(-c3ccccc3)nc(-c3cc(-c4ccccc4-c4ccc5c6cc7c8ccccc8n(-c8ccccc8)c7cc6n(-c6ccccc6)c5c4)cc4c3sc3ccccc34)n2)cc1. The van der Waals surface area contributed by atoms with E-state index in [1.807, 2.05) is 36.4 Å². The highest BCUT2D eigenvalue weighted by atomic mass is 32.1. The minimum absolute atomic E-state index is 0.642. The van der Waals surface area contributed by atoms with Crippen LogP contribution in [0.15, 0.2) is 237 Å². The maximum atomic E-state index is 5.26. The number of benzene rings is 10. The maximum absolute atomic E-state index is 5.26. The van der Waals surface area contributed by atoms with Crippen LogP contribution in [0, 0.1) is 0 Å². The van der Waals surface area contributed by atoms with Gasteiger partial charge in [0.25, 0.3) is 0 Å². The summed E-state index contributed by atoms with van der Waals surface area (Å²) in [5.74, 6) is 1.93. The molecular weight excluding hydrogens is 859 g/mol. The van der Waals surface area contributed by atoms with Crippen molar-refractivity contribution in [2.75, 3.05) is 0 Å². The van der Waals surface area contributed by atoms with Crippen LogP contribution in [0.4, 0.5) is 0 Å². The lowest BCUT2D eigenvalue weighted by Gasteiger charge is -2.14. The Balaban J connectivity index is 1.00. The van der Waals surface area contributed by atoms with Crippen molar-refractivity contribution in [1.82, 2.24) is 24.1 Å². The van der Waals surface area contributed by atoms with Gasteiger partial charge in [-0.1, -0.05) is 170 Å². The third-order valence-corrected chi connectivity index (χ3v) is 14.8. The Morgan fingerprint density at radius 1 is 0.275 bits per heavy atom. The summed E-state index contributed by atoms with van der Waals surface area (Å²) in [7, 11) is 0. The molecule has 4 heterocycles. The highest BCUT2D eigenvalue weighted by Crippen LogP contribution is 2.46. The van der Waals surface area contributed by atoms with Crippen LogP contribution < -0.4 is 0 Å². The van der Waals surface area contributed by atoms with E-state index in [2.05, 4.69) is 209 Å². The smallest absolute Gasteiger partial charge is 0.165 e. The molecule has 14 rings (SSSR count). The number of hydrogen-bond donors (Lipinski definition) is 0. The molecule has 69 heavy (non-hydrogen) atoms. The molecule has 0 fully saturated rings. The van der Waals surface area contributed by atoms with Crippen molar-refractivity contribution in [3.8, 4) is 67.8 Å². The predicted molar refractivity (Wildman–Crippen MR) is 289 cm³/mol. The van der Waals surface area contributed by atoms with Crippen molar-refractivity contribution in [3.05, 3.63) is 237 Å². The van der Waals surface area contributed by atoms with Crippen LogP contribution in [0.25, 0.3) is 132 Å². The summed E-state index contributed by atoms with van der Waals surface area (Å²) in [6.45, 7) is 0. The summed E-state index contributed by atoms with van der Waals surface area (Å²) in [4.78, 5) is 15.6. The molecule has 0 unspecified atom stereocenters. The maximum Gasteiger partial charge on any atom is 0.165 e. The number of fused-ring (bicyclic) bond motifs is 9. The minimum Gasteiger partial charge on any atom is -0.309 e. The molecule has 322 valence electrons. The van der Waals surface area contributed by atoms with Crippen molar-refractivity contribution in [2.45, 2.75) is 0 Å². The van der Waals surface area contributed by atoms with Gasteiger partial charge in [-0.25, -0.2) is 15.0 Å². The van der Waals surface area contributed by atoms with Gasteiger partial charge in [0, 0.05) is 69.8 Å². The van der Waals surface area contributed by atoms with Crippen LogP contribution in [-0.4, -0.2) is 24.1 Å². The van der Waals surface area contributed by atoms with E-state index in [4.69, 9.17) is 15.0 Å². The molecule has 0 atom stereocenters. The average Bonchev–Trinajstić information content (AvgIpc) is 4.07. The zero-order chi connectivity index (χ0) is 45.4. The van der Waals surface area contributed by atoms with Gasteiger partial charge in [-0.3, -0.25) is 0 Å². The molecule has 0 saturated carbocycles. The topological polar surface area (TPSA) is 48.5 Å². The van der Waals surface area contributed by atoms with Gasteiger partial charge in [-0.15, -0.1) is 11.3 Å². The molecule has 0 aliphatic rings. The second kappa shape index (κ2) is 15.8. The van der Waals surface area contributed by atoms with Gasteiger partial charge >= 0.3 is 0 Å². The highest BCUT2D eigenvalue weighted by Gasteiger charge is 2.22. The first-order valence-electron chi connectivity index (χ1n) is 23.3. The summed E-state index contributed by atoms with van der Waals surface area (Å²) in [6, 6.07) is 84.7. The zero-order valence-electron chi connectivity index (χ0n) is 37.2. The minimum atomic E-state index is 0.642. The van der Waals surface area contributed by atoms with Crippen molar-refractivity contribution < 1.29 is 0 Å². The van der Waals surface area contributed by atoms with E-state index in [0.29, 0.717) is 17.5 Å². The third kappa shape index (κ3) is 6.41. The van der Waals surface area contributed by atoms with E-state index in [0.717, 1.165) is 66.1 Å². The average molecular weight is 898 g/mol. The number of rotatable bonds is 7. The highest BCUT2D eigenvalue weighted by molar-refractivity contribution is 7.26. The van der Waals surface area contributed by atoms with Crippen molar-refractivity contribution >= 4 is 75.1 Å². The van der Waals surface area contributed by atoms with E-state index in [-0.39, 0.29) is 0 Å². The fourth-order valence-corrected chi connectivity index (χ4v) is 11.6. The molecule has 0 radical (unpaired) electrons. The summed E-state index contributed by atoms with van der Waals surface area (Å²) in [5, 5.41) is 7.30. The Kier molecular flexibility index (Phi) is 9.00. The quantitative estimate of drug-likeness (QED) is 0.160. The van der Waals surface area contributed by atoms with Gasteiger partial charge in [-0.05, 0) is 89.0 Å². The lowest BCUT2D eigenvalue weighted by atomic mass is 9.92. The molecule has 0 amide bonds. The lowest BCUT2D eigenvalue weighted by Crippen LogP contribution is -2.00. The fourth-order valence-electron chi connectivity index (χ4n) is 10.4. The first-order valence-corrected chi connectivity index (χ1v) is 24.1. The molecule has 0 aliphatic carbocycles. The van der Waals surface area contributed by atoms with Gasteiger partial charge in [0.2, 0.25) is 0 Å². The molecule has 6 heteroatoms. The van der Waals surface area contributed by atoms with E-state index >= 15 is 0 Å². The summed E-state index contributed by atoms with van der Waals surface area (Å²) < 4.78 is 7.22. The third-order valence-electron chi connectivity index (χ3n) is 13.6. The van der Waals surface area contributed by atoms with Crippen molar-refractivity contribution in [2.24, 2.45) is 0 Å². The number of aromatic nitrogens is 5. The number of hydrogen-bond acceptors (Lipinski definition) is 4. The molecule has 4 aromatic heterocycles. The second-order valence-electron chi connectivity index (χ2n) is 17.6. The Morgan fingerprint density at radius 3 is 1.42 bits per heavy atom. The Morgan fingerprint density at radius 2 is 0.768 bits per heavy atom. The predicted octanol–water partition coefficient (Wildman–Crippen LogP) is 16.8. The van der Waals surface area contributed by atoms with E-state index in [1.54, 1.807) is 11.3 Å². The normalized spacial score (nSPS) is 11.8. The summed E-state index contributed by atoms with van der Waals surface area (Å²) >= 11 is 1.79. The molecule has 0 bridgehead atoms. The number of para-hydroxylation sites is 3. The Bertz CT molecular complexity index is 4230. The molecule has 10 aromatic carbocycles. The van der Waals surface area contributed by atoms with Crippen LogP contribution in [-0.2, 0) is 0 Å². The number of thiophene rings is 1. The monoisotopic (exact) mass is 897 g/mol. The van der Waals surface area contributed by atoms with Crippen molar-refractivity contribution in [1.29, 1.82) is 0 Å². The summed E-state index contributed by atoms with van der Waals surface area (Å²) in [6.07, 6.45) is 0. The van der Waals surface area contributed by atoms with Gasteiger partial charge in [0.1, 0.15) is 0 Å². The van der Waals surface area contributed by atoms with Crippen LogP contribution in [0.1, 0.15) is 0 Å².